The van der Waals surface area contributed by atoms with Gasteiger partial charge in [0.1, 0.15) is 11.4 Å². The van der Waals surface area contributed by atoms with Crippen LogP contribution in [0.3, 0.4) is 0 Å². The van der Waals surface area contributed by atoms with Crippen LogP contribution < -0.4 is 0 Å². The van der Waals surface area contributed by atoms with E-state index in [-0.39, 0.29) is 37.5 Å². The molecule has 4 nitrogen and oxygen atoms in total. The molecule has 65 heavy (non-hydrogen) atoms. The maximum atomic E-state index is 15.1. The molecule has 10 rings (SSSR count). The molecule has 0 saturated heterocycles. The second kappa shape index (κ2) is 18.4. The molecule has 0 bridgehead atoms. The van der Waals surface area contributed by atoms with E-state index in [1.165, 1.54) is 40.5 Å². The third-order valence-electron chi connectivity index (χ3n) is 11.3. The fraction of sp³-hybridized carbons (Fsp3) is 0.143. The predicted molar refractivity (Wildman–Crippen MR) is 250 cm³/mol. The minimum atomic E-state index is -4.32. The summed E-state index contributed by atoms with van der Waals surface area (Å²) < 4.78 is 84.1. The van der Waals surface area contributed by atoms with Crippen molar-refractivity contribution in [2.75, 3.05) is 0 Å². The summed E-state index contributed by atoms with van der Waals surface area (Å²) in [7, 11) is 0. The molecule has 1 radical (unpaired) electrons. The van der Waals surface area contributed by atoms with Crippen molar-refractivity contribution in [1.82, 2.24) is 14.5 Å². The zero-order chi connectivity index (χ0) is 47.2. The Hall–Kier alpha value is -6.67. The van der Waals surface area contributed by atoms with Crippen LogP contribution in [0.4, 0.5) is 17.6 Å². The molecular formula is C56H43F4IrN3O-2. The van der Waals surface area contributed by atoms with Crippen LogP contribution in [0.2, 0.25) is 0 Å². The quantitative estimate of drug-likeness (QED) is 0.118. The van der Waals surface area contributed by atoms with Gasteiger partial charge >= 0.3 is 6.18 Å². The van der Waals surface area contributed by atoms with Crippen molar-refractivity contribution in [3.63, 3.8) is 0 Å². The first kappa shape index (κ1) is 41.1. The van der Waals surface area contributed by atoms with Crippen LogP contribution in [0.5, 0.6) is 0 Å². The molecule has 7 aromatic carbocycles. The molecule has 0 fully saturated rings. The summed E-state index contributed by atoms with van der Waals surface area (Å²) in [6.45, 7) is 6.25. The van der Waals surface area contributed by atoms with E-state index in [9.17, 15) is 13.2 Å². The average Bonchev–Trinajstić information content (AvgIpc) is 3.89. The van der Waals surface area contributed by atoms with Gasteiger partial charge < -0.3 is 14.0 Å². The van der Waals surface area contributed by atoms with Crippen molar-refractivity contribution in [3.8, 4) is 50.6 Å². The number of pyridine rings is 1. The largest absolute Gasteiger partial charge is 0.501 e. The van der Waals surface area contributed by atoms with Crippen LogP contribution >= 0.6 is 0 Å². The number of benzene rings is 7. The van der Waals surface area contributed by atoms with E-state index in [1.54, 1.807) is 30.5 Å². The van der Waals surface area contributed by atoms with Gasteiger partial charge in [0.2, 0.25) is 0 Å². The number of alkyl halides is 3. The number of imidazole rings is 1. The number of aromatic nitrogens is 3. The molecule has 0 saturated carbocycles. The maximum Gasteiger partial charge on any atom is 0.381 e. The summed E-state index contributed by atoms with van der Waals surface area (Å²) >= 11 is 0. The van der Waals surface area contributed by atoms with Crippen LogP contribution in [0, 0.1) is 24.8 Å². The van der Waals surface area contributed by atoms with Gasteiger partial charge in [-0.05, 0) is 111 Å². The number of fused-ring (bicyclic) bond motifs is 4. The van der Waals surface area contributed by atoms with Crippen molar-refractivity contribution >= 4 is 33.0 Å². The first-order valence-corrected chi connectivity index (χ1v) is 21.0. The van der Waals surface area contributed by atoms with Gasteiger partial charge in [-0.15, -0.1) is 48.0 Å². The van der Waals surface area contributed by atoms with Gasteiger partial charge in [-0.1, -0.05) is 118 Å². The van der Waals surface area contributed by atoms with E-state index in [4.69, 9.17) is 13.5 Å². The molecule has 0 unspecified atom stereocenters. The number of para-hydroxylation sites is 2. The van der Waals surface area contributed by atoms with Gasteiger partial charge in [-0.3, -0.25) is 4.98 Å². The van der Waals surface area contributed by atoms with Gasteiger partial charge in [-0.25, -0.2) is 4.39 Å². The molecule has 0 aliphatic rings. The van der Waals surface area contributed by atoms with E-state index in [1.807, 2.05) is 30.3 Å². The number of nitrogens with zero attached hydrogens (tertiary/aromatic N) is 3. The monoisotopic (exact) mass is 1050 g/mol. The second-order valence-corrected chi connectivity index (χ2v) is 16.2. The molecule has 0 N–H and O–H groups in total. The molecule has 0 spiro atoms. The Morgan fingerprint density at radius 1 is 0.692 bits per heavy atom. The van der Waals surface area contributed by atoms with Crippen molar-refractivity contribution in [2.45, 2.75) is 52.6 Å². The van der Waals surface area contributed by atoms with E-state index in [0.717, 1.165) is 40.0 Å². The fourth-order valence-corrected chi connectivity index (χ4v) is 8.10. The summed E-state index contributed by atoms with van der Waals surface area (Å²) in [6, 6.07) is 52.5. The third kappa shape index (κ3) is 8.91. The summed E-state index contributed by atoms with van der Waals surface area (Å²) in [6.07, 6.45) is -2.74. The van der Waals surface area contributed by atoms with Crippen molar-refractivity contribution in [1.29, 1.82) is 0 Å². The molecule has 327 valence electrons. The molecular weight excluding hydrogens is 999 g/mol. The van der Waals surface area contributed by atoms with Crippen LogP contribution in [0.15, 0.2) is 162 Å². The smallest absolute Gasteiger partial charge is 0.381 e. The molecule has 10 aromatic rings. The Morgan fingerprint density at radius 2 is 1.35 bits per heavy atom. The molecule has 0 atom stereocenters. The molecule has 0 aliphatic carbocycles. The average molecular weight is 1050 g/mol. The zero-order valence-electron chi connectivity index (χ0n) is 38.8. The Balaban J connectivity index is 0.000000312. The van der Waals surface area contributed by atoms with Crippen molar-refractivity contribution in [2.24, 2.45) is 0 Å². The van der Waals surface area contributed by atoms with E-state index in [2.05, 4.69) is 116 Å². The Morgan fingerprint density at radius 3 is 1.98 bits per heavy atom. The van der Waals surface area contributed by atoms with Gasteiger partial charge in [-0.2, -0.15) is 13.2 Å². The van der Waals surface area contributed by atoms with Gasteiger partial charge in [0.05, 0.1) is 22.4 Å². The van der Waals surface area contributed by atoms with Crippen LogP contribution in [0.25, 0.3) is 83.6 Å². The molecule has 9 heteroatoms. The normalized spacial score (nSPS) is 12.5. The minimum absolute atomic E-state index is 0. The number of hydrogen-bond acceptors (Lipinski definition) is 3. The first-order valence-electron chi connectivity index (χ1n) is 22.5. The van der Waals surface area contributed by atoms with Gasteiger partial charge in [0.15, 0.2) is 0 Å². The fourth-order valence-electron chi connectivity index (χ4n) is 8.10. The zero-order valence-corrected chi connectivity index (χ0v) is 38.2. The SMILES string of the molecule is FC(F)(F)c1c[c-]c(-c2ccccn2)cc1.[2H]C([2H])([2H])c1cc2oc3c(-c4nc5ccccc5n4-c4c(C(C)C)cc(-c5ccc(-c6ccccc6)cc5)cc4C(C)C)[c-]ccc3c2cc1F.[Ir]. The van der Waals surface area contributed by atoms with Gasteiger partial charge in [0, 0.05) is 41.5 Å². The third-order valence-corrected chi connectivity index (χ3v) is 11.3. The van der Waals surface area contributed by atoms with Crippen molar-refractivity contribution in [3.05, 3.63) is 198 Å². The van der Waals surface area contributed by atoms with Gasteiger partial charge in [0.25, 0.3) is 0 Å². The van der Waals surface area contributed by atoms with Crippen molar-refractivity contribution < 1.29 is 46.2 Å². The van der Waals surface area contributed by atoms with Crippen LogP contribution in [0.1, 0.15) is 65.9 Å². The standard InChI is InChI=1S/C44H36FN2O.C12H7F3N.Ir/c1-26(2)35-23-32(31-20-18-30(19-21-31)29-12-7-6-8-13-29)24-36(27(3)4)42(35)47-40-17-10-9-16-39(40)46-44(47)34-15-11-14-33-37-25-38(45)28(5)22-41(37)48-43(33)34;13-12(14,15)10-6-4-9(5-7-10)11-3-1-2-8-16-11;/h6-14,16-27H,1-5H3;1-4,6-8H;/q2*-1;/i5D3;;. The number of rotatable bonds is 7. The number of furan rings is 1. The summed E-state index contributed by atoms with van der Waals surface area (Å²) in [4.78, 5) is 9.21. The van der Waals surface area contributed by atoms with Crippen LogP contribution in [-0.4, -0.2) is 14.5 Å². The van der Waals surface area contributed by atoms with E-state index in [0.29, 0.717) is 44.6 Å². The Kier molecular flexibility index (Phi) is 11.6. The maximum absolute atomic E-state index is 15.1. The second-order valence-electron chi connectivity index (χ2n) is 16.2. The predicted octanol–water partition coefficient (Wildman–Crippen LogP) is 16.0. The molecule has 3 aromatic heterocycles. The first-order chi connectivity index (χ1) is 32.1. The van der Waals surface area contributed by atoms with E-state index >= 15 is 4.39 Å². The van der Waals surface area contributed by atoms with E-state index < -0.39 is 24.4 Å². The summed E-state index contributed by atoms with van der Waals surface area (Å²) in [5.74, 6) is 0.190. The molecule has 3 heterocycles. The number of aryl methyl sites for hydroxylation is 1. The molecule has 0 aliphatic heterocycles. The minimum Gasteiger partial charge on any atom is -0.501 e. The summed E-state index contributed by atoms with van der Waals surface area (Å²) in [5, 5.41) is 1.16. The Bertz CT molecular complexity index is 3360. The molecule has 0 amide bonds. The summed E-state index contributed by atoms with van der Waals surface area (Å²) in [5.41, 5.74) is 11.3. The topological polar surface area (TPSA) is 43.9 Å². The number of halogens is 4. The Labute approximate surface area is 393 Å². The number of hydrogen-bond donors (Lipinski definition) is 0. The van der Waals surface area contributed by atoms with Crippen LogP contribution in [-0.2, 0) is 26.3 Å².